The minimum absolute atomic E-state index is 0.0679. The first-order valence-corrected chi connectivity index (χ1v) is 18.0. The highest BCUT2D eigenvalue weighted by atomic mass is 31.2. The van der Waals surface area contributed by atoms with Gasteiger partial charge in [0, 0.05) is 19.9 Å². The van der Waals surface area contributed by atoms with Crippen LogP contribution in [0.15, 0.2) is 65.4 Å². The molecule has 0 aliphatic carbocycles. The first-order valence-electron chi connectivity index (χ1n) is 16.5. The Kier molecular flexibility index (Phi) is 20.9. The van der Waals surface area contributed by atoms with Crippen LogP contribution >= 0.6 is 7.75 Å². The molecule has 2 N–H and O–H groups in total. The molecular weight excluding hydrogens is 657 g/mol. The fourth-order valence-corrected chi connectivity index (χ4v) is 5.29. The van der Waals surface area contributed by atoms with Crippen LogP contribution in [-0.2, 0) is 54.9 Å². The number of hydrogen-bond acceptors (Lipinski definition) is 11. The SMILES string of the molecule is CCCCOC(=O)CN(C)C(N)=NP(=O)(OCCCOC(=O)OCCCc1ccccc1)OCCCOC(=O)OCCCc1ccccc1. The molecule has 2 rings (SSSR count). The Morgan fingerprint density at radius 1 is 0.653 bits per heavy atom. The molecule has 0 aliphatic rings. The van der Waals surface area contributed by atoms with Crippen LogP contribution in [0.25, 0.3) is 0 Å². The molecule has 0 saturated carbocycles. The van der Waals surface area contributed by atoms with E-state index in [1.165, 1.54) is 11.9 Å². The zero-order valence-corrected chi connectivity index (χ0v) is 29.4. The maximum atomic E-state index is 13.5. The highest BCUT2D eigenvalue weighted by molar-refractivity contribution is 7.52. The molecule has 0 atom stereocenters. The van der Waals surface area contributed by atoms with E-state index in [2.05, 4.69) is 4.76 Å². The number of hydrogen-bond donors (Lipinski definition) is 1. The van der Waals surface area contributed by atoms with Crippen molar-refractivity contribution in [1.82, 2.24) is 4.90 Å². The molecule has 49 heavy (non-hydrogen) atoms. The molecule has 2 aromatic carbocycles. The van der Waals surface area contributed by atoms with Gasteiger partial charge in [0.1, 0.15) is 6.54 Å². The lowest BCUT2D eigenvalue weighted by molar-refractivity contribution is -0.143. The van der Waals surface area contributed by atoms with Crippen LogP contribution < -0.4 is 5.73 Å². The third-order valence-electron chi connectivity index (χ3n) is 6.61. The minimum atomic E-state index is -4.20. The van der Waals surface area contributed by atoms with Gasteiger partial charge in [0.25, 0.3) is 0 Å². The van der Waals surface area contributed by atoms with E-state index in [9.17, 15) is 18.9 Å². The molecule has 2 aromatic rings. The van der Waals surface area contributed by atoms with E-state index in [0.717, 1.165) is 36.8 Å². The molecule has 0 aromatic heterocycles. The molecular formula is C34H50N3O11P. The summed E-state index contributed by atoms with van der Waals surface area (Å²) in [6.45, 7) is 1.96. The second kappa shape index (κ2) is 24.9. The molecule has 15 heteroatoms. The number of benzene rings is 2. The van der Waals surface area contributed by atoms with Crippen molar-refractivity contribution in [1.29, 1.82) is 0 Å². The summed E-state index contributed by atoms with van der Waals surface area (Å²) in [7, 11) is -2.73. The third kappa shape index (κ3) is 20.1. The van der Waals surface area contributed by atoms with E-state index in [-0.39, 0.29) is 71.6 Å². The topological polar surface area (TPSA) is 175 Å². The average Bonchev–Trinajstić information content (AvgIpc) is 3.09. The van der Waals surface area contributed by atoms with Crippen molar-refractivity contribution in [2.24, 2.45) is 10.5 Å². The average molecular weight is 708 g/mol. The van der Waals surface area contributed by atoms with E-state index in [1.807, 2.05) is 67.6 Å². The van der Waals surface area contributed by atoms with Gasteiger partial charge in [-0.1, -0.05) is 74.0 Å². The Hall–Kier alpha value is -4.13. The molecule has 0 saturated heterocycles. The van der Waals surface area contributed by atoms with Crippen LogP contribution in [-0.4, -0.2) is 89.0 Å². The van der Waals surface area contributed by atoms with Gasteiger partial charge in [-0.25, -0.2) is 14.2 Å². The zero-order chi connectivity index (χ0) is 35.6. The molecule has 0 aliphatic heterocycles. The number of ether oxygens (including phenoxy) is 5. The number of nitrogens with two attached hydrogens (primary N) is 1. The van der Waals surface area contributed by atoms with Crippen LogP contribution in [0.2, 0.25) is 0 Å². The van der Waals surface area contributed by atoms with Crippen LogP contribution in [0.5, 0.6) is 0 Å². The zero-order valence-electron chi connectivity index (χ0n) is 28.5. The summed E-state index contributed by atoms with van der Waals surface area (Å²) in [5.41, 5.74) is 8.29. The largest absolute Gasteiger partial charge is 0.508 e. The van der Waals surface area contributed by atoms with Gasteiger partial charge in [-0.3, -0.25) is 13.8 Å². The van der Waals surface area contributed by atoms with Crippen molar-refractivity contribution < 1.29 is 51.7 Å². The molecule has 272 valence electrons. The molecule has 14 nitrogen and oxygen atoms in total. The molecule has 0 amide bonds. The fourth-order valence-electron chi connectivity index (χ4n) is 3.97. The van der Waals surface area contributed by atoms with Crippen LogP contribution in [0.3, 0.4) is 0 Å². The van der Waals surface area contributed by atoms with E-state index < -0.39 is 26.0 Å². The third-order valence-corrected chi connectivity index (χ3v) is 8.08. The number of esters is 1. The van der Waals surface area contributed by atoms with E-state index in [1.54, 1.807) is 0 Å². The maximum Gasteiger partial charge on any atom is 0.508 e. The van der Waals surface area contributed by atoms with E-state index in [4.69, 9.17) is 38.5 Å². The summed E-state index contributed by atoms with van der Waals surface area (Å²) < 4.78 is 53.7. The quantitative estimate of drug-likeness (QED) is 0.0333. The van der Waals surface area contributed by atoms with Crippen LogP contribution in [0, 0.1) is 0 Å². The number of likely N-dealkylation sites (N-methyl/N-ethyl adjacent to an activating group) is 1. The number of aryl methyl sites for hydroxylation is 2. The van der Waals surface area contributed by atoms with Crippen molar-refractivity contribution in [3.8, 4) is 0 Å². The normalized spacial score (nSPS) is 11.4. The van der Waals surface area contributed by atoms with E-state index >= 15 is 0 Å². The Labute approximate surface area is 288 Å². The van der Waals surface area contributed by atoms with Gasteiger partial charge in [-0.15, -0.1) is 4.76 Å². The first kappa shape index (κ1) is 41.0. The monoisotopic (exact) mass is 707 g/mol. The molecule has 0 fully saturated rings. The predicted molar refractivity (Wildman–Crippen MR) is 183 cm³/mol. The van der Waals surface area contributed by atoms with Crippen molar-refractivity contribution in [3.63, 3.8) is 0 Å². The Bertz CT molecular complexity index is 1230. The first-order chi connectivity index (χ1) is 23.7. The van der Waals surface area contributed by atoms with Crippen molar-refractivity contribution in [2.45, 2.75) is 58.3 Å². The molecule has 0 spiro atoms. The second-order valence-electron chi connectivity index (χ2n) is 10.8. The highest BCUT2D eigenvalue weighted by Crippen LogP contribution is 2.50. The lowest BCUT2D eigenvalue weighted by Gasteiger charge is -2.20. The molecule has 0 heterocycles. The van der Waals surface area contributed by atoms with E-state index in [0.29, 0.717) is 12.8 Å². The summed E-state index contributed by atoms with van der Waals surface area (Å²) in [6.07, 6.45) is 3.08. The maximum absolute atomic E-state index is 13.5. The fraction of sp³-hybridized carbons (Fsp3) is 0.529. The minimum Gasteiger partial charge on any atom is -0.464 e. The van der Waals surface area contributed by atoms with Gasteiger partial charge >= 0.3 is 26.0 Å². The van der Waals surface area contributed by atoms with Gasteiger partial charge in [0.2, 0.25) is 5.96 Å². The standard InChI is InChI=1S/C34H50N3O11P/c1-3-4-21-42-31(38)28-37(2)32(35)36-49(41,47-26-13-24-45-33(39)43-22-11-19-29-15-7-5-8-16-29)48-27-14-25-46-34(40)44-23-12-20-30-17-9-6-10-18-30/h5-10,15-18H,3-4,11-14,19-28H2,1-2H3,(H2,35,36,41). The lowest BCUT2D eigenvalue weighted by Crippen LogP contribution is -2.38. The van der Waals surface area contributed by atoms with Crippen LogP contribution in [0.1, 0.15) is 56.6 Å². The molecule has 0 radical (unpaired) electrons. The number of carbonyl (C=O) groups is 3. The number of rotatable bonds is 24. The van der Waals surface area contributed by atoms with Gasteiger partial charge in [-0.05, 0) is 43.2 Å². The summed E-state index contributed by atoms with van der Waals surface area (Å²) in [6, 6.07) is 19.7. The molecule has 0 bridgehead atoms. The number of guanidine groups is 1. The van der Waals surface area contributed by atoms with Gasteiger partial charge in [0.05, 0.1) is 46.2 Å². The van der Waals surface area contributed by atoms with Crippen LogP contribution in [0.4, 0.5) is 9.59 Å². The molecule has 0 unspecified atom stereocenters. The van der Waals surface area contributed by atoms with Gasteiger partial charge in [0.15, 0.2) is 0 Å². The second-order valence-corrected chi connectivity index (χ2v) is 12.5. The number of carbonyl (C=O) groups excluding carboxylic acids is 3. The summed E-state index contributed by atoms with van der Waals surface area (Å²) in [4.78, 5) is 37.1. The van der Waals surface area contributed by atoms with Crippen molar-refractivity contribution in [2.75, 3.05) is 59.8 Å². The van der Waals surface area contributed by atoms with Crippen molar-refractivity contribution in [3.05, 3.63) is 71.8 Å². The summed E-state index contributed by atoms with van der Waals surface area (Å²) in [5, 5.41) is 0. The Morgan fingerprint density at radius 2 is 1.08 bits per heavy atom. The Balaban J connectivity index is 1.76. The Morgan fingerprint density at radius 3 is 1.53 bits per heavy atom. The van der Waals surface area contributed by atoms with Crippen molar-refractivity contribution >= 4 is 32.0 Å². The number of unbranched alkanes of at least 4 members (excludes halogenated alkanes) is 1. The predicted octanol–water partition coefficient (Wildman–Crippen LogP) is 6.07. The summed E-state index contributed by atoms with van der Waals surface area (Å²) in [5.74, 6) is -0.805. The smallest absolute Gasteiger partial charge is 0.464 e. The lowest BCUT2D eigenvalue weighted by atomic mass is 10.1. The van der Waals surface area contributed by atoms with Gasteiger partial charge < -0.3 is 34.3 Å². The van der Waals surface area contributed by atoms with Gasteiger partial charge in [-0.2, -0.15) is 0 Å². The number of nitrogens with zero attached hydrogens (tertiary/aromatic N) is 2. The summed E-state index contributed by atoms with van der Waals surface area (Å²) >= 11 is 0. The highest BCUT2D eigenvalue weighted by Gasteiger charge is 2.26.